The number of nitrogens with two attached hydrogens (primary N) is 1. The lowest BCUT2D eigenvalue weighted by molar-refractivity contribution is 0.292. The summed E-state index contributed by atoms with van der Waals surface area (Å²) >= 11 is 1.78. The van der Waals surface area contributed by atoms with E-state index >= 15 is 0 Å². The number of aromatic nitrogens is 3. The first kappa shape index (κ1) is 15.5. The number of thiophene rings is 1. The molecule has 2 aromatic heterocycles. The van der Waals surface area contributed by atoms with E-state index in [4.69, 9.17) is 10.5 Å². The van der Waals surface area contributed by atoms with Crippen LogP contribution < -0.4 is 15.8 Å². The van der Waals surface area contributed by atoms with Crippen LogP contribution in [0.15, 0.2) is 6.07 Å². The van der Waals surface area contributed by atoms with Crippen molar-refractivity contribution in [3.63, 3.8) is 0 Å². The van der Waals surface area contributed by atoms with Gasteiger partial charge in [-0.2, -0.15) is 15.0 Å². The number of aryl methyl sites for hydroxylation is 2. The van der Waals surface area contributed by atoms with Gasteiger partial charge in [0.2, 0.25) is 11.9 Å². The van der Waals surface area contributed by atoms with Crippen molar-refractivity contribution in [3.05, 3.63) is 21.4 Å². The van der Waals surface area contributed by atoms with Gasteiger partial charge in [-0.05, 0) is 38.8 Å². The van der Waals surface area contributed by atoms with Crippen LogP contribution in [0.1, 0.15) is 41.6 Å². The molecule has 3 N–H and O–H groups in total. The molecule has 2 aromatic rings. The summed E-state index contributed by atoms with van der Waals surface area (Å²) < 4.78 is 5.41. The molecule has 114 valence electrons. The maximum atomic E-state index is 5.70. The first-order chi connectivity index (χ1) is 9.99. The second-order valence-corrected chi connectivity index (χ2v) is 6.34. The molecule has 0 aliphatic carbocycles. The lowest BCUT2D eigenvalue weighted by Gasteiger charge is -2.14. The molecule has 0 aliphatic rings. The Balaban J connectivity index is 2.14. The third-order valence-corrected chi connectivity index (χ3v) is 3.94. The van der Waals surface area contributed by atoms with Crippen molar-refractivity contribution in [3.8, 4) is 6.01 Å². The average Bonchev–Trinajstić information content (AvgIpc) is 2.75. The molecular formula is C14H21N5OS. The summed E-state index contributed by atoms with van der Waals surface area (Å²) in [6, 6.07) is 2.53. The Morgan fingerprint density at radius 3 is 2.71 bits per heavy atom. The number of nitrogens with zero attached hydrogens (tertiary/aromatic N) is 3. The van der Waals surface area contributed by atoms with Crippen LogP contribution in [0, 0.1) is 13.8 Å². The molecule has 0 fully saturated rings. The zero-order valence-corrected chi connectivity index (χ0v) is 13.6. The Morgan fingerprint density at radius 1 is 1.33 bits per heavy atom. The first-order valence-corrected chi connectivity index (χ1v) is 7.79. The van der Waals surface area contributed by atoms with Crippen molar-refractivity contribution in [2.75, 3.05) is 17.7 Å². The summed E-state index contributed by atoms with van der Waals surface area (Å²) in [5.41, 5.74) is 6.94. The van der Waals surface area contributed by atoms with Crippen LogP contribution in [0.25, 0.3) is 0 Å². The van der Waals surface area contributed by atoms with Crippen LogP contribution in [0.3, 0.4) is 0 Å². The summed E-state index contributed by atoms with van der Waals surface area (Å²) in [6.45, 7) is 8.87. The fraction of sp³-hybridized carbons (Fsp3) is 0.500. The Hall–Kier alpha value is -1.89. The van der Waals surface area contributed by atoms with E-state index in [-0.39, 0.29) is 18.0 Å². The number of hydrogen-bond acceptors (Lipinski definition) is 7. The number of ether oxygens (including phenoxy) is 1. The highest BCUT2D eigenvalue weighted by Crippen LogP contribution is 2.28. The summed E-state index contributed by atoms with van der Waals surface area (Å²) in [4.78, 5) is 14.9. The summed E-state index contributed by atoms with van der Waals surface area (Å²) in [6.07, 6.45) is 0.887. The predicted molar refractivity (Wildman–Crippen MR) is 85.9 cm³/mol. The first-order valence-electron chi connectivity index (χ1n) is 6.97. The van der Waals surface area contributed by atoms with Gasteiger partial charge in [0, 0.05) is 9.75 Å². The molecular weight excluding hydrogens is 286 g/mol. The fourth-order valence-electron chi connectivity index (χ4n) is 2.05. The van der Waals surface area contributed by atoms with Gasteiger partial charge in [-0.15, -0.1) is 11.3 Å². The Morgan fingerprint density at radius 2 is 2.10 bits per heavy atom. The SMILES string of the molecule is CCCOc1nc(N)nc(NC(C)c2cc(C)sc2C)n1. The number of rotatable bonds is 6. The highest BCUT2D eigenvalue weighted by molar-refractivity contribution is 7.12. The Bertz CT molecular complexity index is 613. The standard InChI is InChI=1S/C14H21N5OS/c1-5-6-20-14-18-12(15)17-13(19-14)16-9(3)11-7-8(2)21-10(11)4/h7,9H,5-6H2,1-4H3,(H3,15,16,17,18,19). The smallest absolute Gasteiger partial charge is 0.323 e. The molecule has 1 unspecified atom stereocenters. The summed E-state index contributed by atoms with van der Waals surface area (Å²) in [5, 5.41) is 3.25. The zero-order chi connectivity index (χ0) is 15.4. The molecule has 0 aliphatic heterocycles. The van der Waals surface area contributed by atoms with Crippen molar-refractivity contribution in [1.29, 1.82) is 0 Å². The maximum Gasteiger partial charge on any atom is 0.323 e. The van der Waals surface area contributed by atoms with Gasteiger partial charge in [-0.25, -0.2) is 0 Å². The molecule has 1 atom stereocenters. The molecule has 0 saturated heterocycles. The van der Waals surface area contributed by atoms with E-state index in [1.54, 1.807) is 11.3 Å². The van der Waals surface area contributed by atoms with Crippen LogP contribution in [-0.2, 0) is 0 Å². The van der Waals surface area contributed by atoms with Crippen LogP contribution in [0.5, 0.6) is 6.01 Å². The summed E-state index contributed by atoms with van der Waals surface area (Å²) in [5.74, 6) is 0.591. The largest absolute Gasteiger partial charge is 0.463 e. The number of hydrogen-bond donors (Lipinski definition) is 2. The second-order valence-electron chi connectivity index (χ2n) is 4.88. The molecule has 7 heteroatoms. The van der Waals surface area contributed by atoms with E-state index in [1.807, 2.05) is 6.92 Å². The van der Waals surface area contributed by atoms with E-state index in [2.05, 4.69) is 47.1 Å². The van der Waals surface area contributed by atoms with Crippen molar-refractivity contribution in [2.45, 2.75) is 40.2 Å². The second kappa shape index (κ2) is 6.71. The van der Waals surface area contributed by atoms with Gasteiger partial charge in [0.25, 0.3) is 0 Å². The van der Waals surface area contributed by atoms with Crippen molar-refractivity contribution >= 4 is 23.2 Å². The lowest BCUT2D eigenvalue weighted by atomic mass is 10.1. The molecule has 0 spiro atoms. The summed E-state index contributed by atoms with van der Waals surface area (Å²) in [7, 11) is 0. The van der Waals surface area contributed by atoms with Gasteiger partial charge in [-0.1, -0.05) is 6.92 Å². The molecule has 21 heavy (non-hydrogen) atoms. The van der Waals surface area contributed by atoms with E-state index in [9.17, 15) is 0 Å². The van der Waals surface area contributed by atoms with Gasteiger partial charge < -0.3 is 15.8 Å². The van der Waals surface area contributed by atoms with Gasteiger partial charge in [0.05, 0.1) is 12.6 Å². The molecule has 0 bridgehead atoms. The zero-order valence-electron chi connectivity index (χ0n) is 12.8. The lowest BCUT2D eigenvalue weighted by Crippen LogP contribution is -2.12. The molecule has 0 saturated carbocycles. The van der Waals surface area contributed by atoms with Crippen molar-refractivity contribution in [1.82, 2.24) is 15.0 Å². The minimum atomic E-state index is 0.0933. The molecule has 2 heterocycles. The Kier molecular flexibility index (Phi) is 4.95. The average molecular weight is 307 g/mol. The van der Waals surface area contributed by atoms with Crippen molar-refractivity contribution in [2.24, 2.45) is 0 Å². The van der Waals surface area contributed by atoms with Crippen LogP contribution in [0.2, 0.25) is 0 Å². The van der Waals surface area contributed by atoms with Crippen LogP contribution in [-0.4, -0.2) is 21.6 Å². The topological polar surface area (TPSA) is 86.0 Å². The van der Waals surface area contributed by atoms with E-state index in [1.165, 1.54) is 15.3 Å². The molecule has 0 aromatic carbocycles. The highest BCUT2D eigenvalue weighted by Gasteiger charge is 2.13. The highest BCUT2D eigenvalue weighted by atomic mass is 32.1. The van der Waals surface area contributed by atoms with Crippen LogP contribution >= 0.6 is 11.3 Å². The number of anilines is 2. The normalized spacial score (nSPS) is 12.2. The maximum absolute atomic E-state index is 5.70. The Labute approximate surface area is 128 Å². The van der Waals surface area contributed by atoms with Gasteiger partial charge in [0.15, 0.2) is 0 Å². The third-order valence-electron chi connectivity index (χ3n) is 2.96. The minimum Gasteiger partial charge on any atom is -0.463 e. The van der Waals surface area contributed by atoms with E-state index < -0.39 is 0 Å². The van der Waals surface area contributed by atoms with Gasteiger partial charge in [0.1, 0.15) is 0 Å². The molecule has 6 nitrogen and oxygen atoms in total. The quantitative estimate of drug-likeness (QED) is 0.853. The molecule has 2 rings (SSSR count). The van der Waals surface area contributed by atoms with Crippen LogP contribution in [0.4, 0.5) is 11.9 Å². The van der Waals surface area contributed by atoms with Gasteiger partial charge >= 0.3 is 6.01 Å². The third kappa shape index (κ3) is 4.04. The predicted octanol–water partition coefficient (Wildman–Crippen LogP) is 3.09. The van der Waals surface area contributed by atoms with E-state index in [0.29, 0.717) is 12.6 Å². The molecule has 0 amide bonds. The minimum absolute atomic E-state index is 0.0933. The monoisotopic (exact) mass is 307 g/mol. The fourth-order valence-corrected chi connectivity index (χ4v) is 3.07. The molecule has 0 radical (unpaired) electrons. The number of nitrogen functional groups attached to an aromatic ring is 1. The van der Waals surface area contributed by atoms with E-state index in [0.717, 1.165) is 6.42 Å². The number of nitrogens with one attached hydrogen (secondary N) is 1. The van der Waals surface area contributed by atoms with Gasteiger partial charge in [-0.3, -0.25) is 0 Å². The van der Waals surface area contributed by atoms with Crippen molar-refractivity contribution < 1.29 is 4.74 Å².